The zero-order valence-electron chi connectivity index (χ0n) is 17.0. The number of rotatable bonds is 8. The summed E-state index contributed by atoms with van der Waals surface area (Å²) in [7, 11) is 3.24. The maximum atomic E-state index is 6.00. The first-order chi connectivity index (χ1) is 14.2. The Kier molecular flexibility index (Phi) is 7.46. The first kappa shape index (κ1) is 20.7. The average Bonchev–Trinajstić information content (AvgIpc) is 2.78. The van der Waals surface area contributed by atoms with Gasteiger partial charge in [-0.15, -0.1) is 0 Å². The van der Waals surface area contributed by atoms with Crippen molar-refractivity contribution in [3.05, 3.63) is 42.2 Å². The van der Waals surface area contributed by atoms with Gasteiger partial charge in [-0.3, -0.25) is 4.90 Å². The molecule has 1 fully saturated rings. The second-order valence-electron chi connectivity index (χ2n) is 6.70. The molecule has 1 aliphatic rings. The lowest BCUT2D eigenvalue weighted by Crippen LogP contribution is -2.49. The van der Waals surface area contributed by atoms with E-state index in [9.17, 15) is 0 Å². The summed E-state index contributed by atoms with van der Waals surface area (Å²) in [6, 6.07) is 7.57. The van der Waals surface area contributed by atoms with Crippen molar-refractivity contribution in [2.45, 2.75) is 6.54 Å². The third-order valence-electron chi connectivity index (χ3n) is 4.82. The van der Waals surface area contributed by atoms with Crippen LogP contribution in [-0.4, -0.2) is 74.3 Å². The predicted molar refractivity (Wildman–Crippen MR) is 114 cm³/mol. The molecule has 0 atom stereocenters. The fourth-order valence-electron chi connectivity index (χ4n) is 3.18. The molecule has 1 aromatic heterocycles. The summed E-state index contributed by atoms with van der Waals surface area (Å²) in [5.41, 5.74) is 7.01. The van der Waals surface area contributed by atoms with Crippen molar-refractivity contribution >= 4 is 11.9 Å². The molecule has 0 bridgehead atoms. The van der Waals surface area contributed by atoms with Crippen LogP contribution in [0.2, 0.25) is 0 Å². The number of nitrogens with one attached hydrogen (secondary N) is 1. The number of hydrogen-bond acceptors (Lipinski definition) is 7. The molecular formula is C20H29N7O2. The van der Waals surface area contributed by atoms with E-state index in [-0.39, 0.29) is 0 Å². The molecule has 3 N–H and O–H groups in total. The van der Waals surface area contributed by atoms with Crippen molar-refractivity contribution < 1.29 is 9.47 Å². The number of anilines is 1. The smallest absolute Gasteiger partial charge is 0.225 e. The minimum atomic E-state index is 0.441. The molecule has 29 heavy (non-hydrogen) atoms. The molecule has 1 aromatic carbocycles. The molecule has 0 amide bonds. The fourth-order valence-corrected chi connectivity index (χ4v) is 3.18. The van der Waals surface area contributed by atoms with Crippen LogP contribution in [-0.2, 0) is 6.54 Å². The number of nitrogens with two attached hydrogens (primary N) is 1. The third kappa shape index (κ3) is 5.95. The maximum Gasteiger partial charge on any atom is 0.225 e. The Labute approximate surface area is 171 Å². The minimum absolute atomic E-state index is 0.441. The third-order valence-corrected chi connectivity index (χ3v) is 4.82. The van der Waals surface area contributed by atoms with E-state index in [2.05, 4.69) is 30.1 Å². The van der Waals surface area contributed by atoms with Crippen LogP contribution < -0.4 is 25.4 Å². The second-order valence-corrected chi connectivity index (χ2v) is 6.70. The predicted octanol–water partition coefficient (Wildman–Crippen LogP) is 0.720. The Balaban J connectivity index is 1.38. The molecule has 0 spiro atoms. The summed E-state index contributed by atoms with van der Waals surface area (Å²) in [4.78, 5) is 17.6. The van der Waals surface area contributed by atoms with Crippen molar-refractivity contribution in [2.24, 2.45) is 10.7 Å². The number of ether oxygens (including phenoxy) is 2. The fraction of sp³-hybridized carbons (Fsp3) is 0.450. The van der Waals surface area contributed by atoms with Gasteiger partial charge in [0.1, 0.15) is 0 Å². The lowest BCUT2D eigenvalue weighted by Gasteiger charge is -2.34. The van der Waals surface area contributed by atoms with Gasteiger partial charge in [-0.05, 0) is 23.8 Å². The summed E-state index contributed by atoms with van der Waals surface area (Å²) in [6.07, 6.45) is 3.56. The Morgan fingerprint density at radius 2 is 1.83 bits per heavy atom. The highest BCUT2D eigenvalue weighted by Crippen LogP contribution is 2.27. The van der Waals surface area contributed by atoms with Crippen LogP contribution in [0.4, 0.5) is 5.95 Å². The molecule has 9 heteroatoms. The van der Waals surface area contributed by atoms with Crippen LogP contribution >= 0.6 is 0 Å². The standard InChI is InChI=1S/C20H29N7O2/c1-28-17-5-4-16(14-18(17)29-2)15-25-19(21)22-8-9-26-10-12-27(13-11-26)20-23-6-3-7-24-20/h3-7,14H,8-13,15H2,1-2H3,(H3,21,22,25). The van der Waals surface area contributed by atoms with E-state index in [4.69, 9.17) is 15.2 Å². The molecular weight excluding hydrogens is 370 g/mol. The zero-order chi connectivity index (χ0) is 20.5. The van der Waals surface area contributed by atoms with Crippen molar-refractivity contribution in [1.82, 2.24) is 20.2 Å². The maximum absolute atomic E-state index is 6.00. The van der Waals surface area contributed by atoms with E-state index in [0.29, 0.717) is 24.0 Å². The van der Waals surface area contributed by atoms with Gasteiger partial charge in [-0.2, -0.15) is 0 Å². The first-order valence-electron chi connectivity index (χ1n) is 9.68. The van der Waals surface area contributed by atoms with Crippen LogP contribution in [0.25, 0.3) is 0 Å². The van der Waals surface area contributed by atoms with Gasteiger partial charge in [0, 0.05) is 51.7 Å². The highest BCUT2D eigenvalue weighted by molar-refractivity contribution is 5.77. The largest absolute Gasteiger partial charge is 0.493 e. The second kappa shape index (κ2) is 10.5. The lowest BCUT2D eigenvalue weighted by atomic mass is 10.2. The highest BCUT2D eigenvalue weighted by Gasteiger charge is 2.18. The zero-order valence-corrected chi connectivity index (χ0v) is 17.0. The number of nitrogens with zero attached hydrogens (tertiary/aromatic N) is 5. The van der Waals surface area contributed by atoms with Crippen LogP contribution in [0.15, 0.2) is 41.7 Å². The van der Waals surface area contributed by atoms with Gasteiger partial charge in [0.05, 0.1) is 20.8 Å². The number of methoxy groups -OCH3 is 2. The molecule has 0 radical (unpaired) electrons. The van der Waals surface area contributed by atoms with E-state index < -0.39 is 0 Å². The molecule has 156 valence electrons. The summed E-state index contributed by atoms with van der Waals surface area (Å²) >= 11 is 0. The highest BCUT2D eigenvalue weighted by atomic mass is 16.5. The molecule has 1 aliphatic heterocycles. The molecule has 0 saturated carbocycles. The number of aromatic nitrogens is 2. The Hall–Kier alpha value is -3.07. The van der Waals surface area contributed by atoms with Crippen molar-refractivity contribution in [1.29, 1.82) is 0 Å². The van der Waals surface area contributed by atoms with Crippen LogP contribution in [0.1, 0.15) is 5.56 Å². The summed E-state index contributed by atoms with van der Waals surface area (Å²) < 4.78 is 10.6. The van der Waals surface area contributed by atoms with Gasteiger partial charge in [0.2, 0.25) is 5.95 Å². The molecule has 2 heterocycles. The summed E-state index contributed by atoms with van der Waals surface area (Å²) in [6.45, 7) is 5.94. The van der Waals surface area contributed by atoms with E-state index >= 15 is 0 Å². The van der Waals surface area contributed by atoms with Crippen molar-refractivity contribution in [3.63, 3.8) is 0 Å². The Morgan fingerprint density at radius 3 is 2.52 bits per heavy atom. The first-order valence-corrected chi connectivity index (χ1v) is 9.68. The number of benzene rings is 1. The summed E-state index contributed by atoms with van der Waals surface area (Å²) in [5, 5.41) is 3.19. The minimum Gasteiger partial charge on any atom is -0.493 e. The van der Waals surface area contributed by atoms with E-state index in [1.165, 1.54) is 0 Å². The van der Waals surface area contributed by atoms with E-state index in [1.807, 2.05) is 24.3 Å². The number of aliphatic imine (C=N–C) groups is 1. The van der Waals surface area contributed by atoms with Gasteiger partial charge in [-0.1, -0.05) is 6.07 Å². The molecule has 9 nitrogen and oxygen atoms in total. The van der Waals surface area contributed by atoms with Gasteiger partial charge in [0.25, 0.3) is 0 Å². The van der Waals surface area contributed by atoms with Crippen molar-refractivity contribution in [2.75, 3.05) is 58.4 Å². The summed E-state index contributed by atoms with van der Waals surface area (Å²) in [5.74, 6) is 2.63. The normalized spacial score (nSPS) is 15.2. The molecule has 0 unspecified atom stereocenters. The van der Waals surface area contributed by atoms with Gasteiger partial charge < -0.3 is 25.4 Å². The topological polar surface area (TPSA) is 101 Å². The van der Waals surface area contributed by atoms with Crippen LogP contribution in [0.3, 0.4) is 0 Å². The number of hydrogen-bond donors (Lipinski definition) is 2. The van der Waals surface area contributed by atoms with E-state index in [1.54, 1.807) is 26.6 Å². The molecule has 2 aromatic rings. The van der Waals surface area contributed by atoms with E-state index in [0.717, 1.165) is 50.8 Å². The van der Waals surface area contributed by atoms with Crippen LogP contribution in [0, 0.1) is 0 Å². The SMILES string of the molecule is COc1ccc(CN=C(N)NCCN2CCN(c3ncccn3)CC2)cc1OC. The van der Waals surface area contributed by atoms with Crippen LogP contribution in [0.5, 0.6) is 11.5 Å². The van der Waals surface area contributed by atoms with Crippen molar-refractivity contribution in [3.8, 4) is 11.5 Å². The monoisotopic (exact) mass is 399 g/mol. The Morgan fingerprint density at radius 1 is 1.10 bits per heavy atom. The Bertz CT molecular complexity index is 793. The number of piperazine rings is 1. The van der Waals surface area contributed by atoms with Gasteiger partial charge >= 0.3 is 0 Å². The lowest BCUT2D eigenvalue weighted by molar-refractivity contribution is 0.260. The van der Waals surface area contributed by atoms with Gasteiger partial charge in [-0.25, -0.2) is 15.0 Å². The van der Waals surface area contributed by atoms with Gasteiger partial charge in [0.15, 0.2) is 17.5 Å². The number of guanidine groups is 1. The molecule has 3 rings (SSSR count). The average molecular weight is 399 g/mol. The molecule has 1 saturated heterocycles. The molecule has 0 aliphatic carbocycles. The quantitative estimate of drug-likeness (QED) is 0.495.